The second kappa shape index (κ2) is 9.39. The summed E-state index contributed by atoms with van der Waals surface area (Å²) in [7, 11) is 0. The van der Waals surface area contributed by atoms with Gasteiger partial charge in [0.25, 0.3) is 0 Å². The van der Waals surface area contributed by atoms with E-state index in [0.29, 0.717) is 12.8 Å². The number of imidazole rings is 1. The van der Waals surface area contributed by atoms with E-state index in [0.717, 1.165) is 34.6 Å². The molecule has 0 saturated carbocycles. The number of carbonyl (C=O) groups excluding carboxylic acids is 1. The van der Waals surface area contributed by atoms with Crippen LogP contribution >= 0.6 is 0 Å². The van der Waals surface area contributed by atoms with Crippen LogP contribution in [-0.4, -0.2) is 21.3 Å². The van der Waals surface area contributed by atoms with E-state index in [9.17, 15) is 4.79 Å². The van der Waals surface area contributed by atoms with Crippen LogP contribution in [0.2, 0.25) is 0 Å². The minimum atomic E-state index is 0.0824. The van der Waals surface area contributed by atoms with Crippen molar-refractivity contribution in [3.8, 4) is 22.4 Å². The number of aryl methyl sites for hydroxylation is 3. The Bertz CT molecular complexity index is 1240. The molecule has 0 bridgehead atoms. The molecule has 4 rings (SSSR count). The third kappa shape index (κ3) is 4.75. The maximum atomic E-state index is 12.5. The van der Waals surface area contributed by atoms with Crippen molar-refractivity contribution in [3.05, 3.63) is 83.7 Å². The quantitative estimate of drug-likeness (QED) is 0.387. The van der Waals surface area contributed by atoms with E-state index < -0.39 is 0 Å². The SMILES string of the molecule is CCC(C)NC(=O)CCc1c(-c2ccc(C)cc2)nc2ccc(-c3cccc(C)c3)cn12. The minimum absolute atomic E-state index is 0.0824. The molecule has 4 nitrogen and oxygen atoms in total. The Morgan fingerprint density at radius 2 is 1.72 bits per heavy atom. The molecule has 0 aliphatic carbocycles. The van der Waals surface area contributed by atoms with Crippen LogP contribution in [0.3, 0.4) is 0 Å². The van der Waals surface area contributed by atoms with Gasteiger partial charge in [0, 0.05) is 24.2 Å². The summed E-state index contributed by atoms with van der Waals surface area (Å²) in [6.45, 7) is 8.31. The summed E-state index contributed by atoms with van der Waals surface area (Å²) in [6, 6.07) is 21.3. The second-order valence-corrected chi connectivity index (χ2v) is 8.67. The van der Waals surface area contributed by atoms with Crippen LogP contribution in [-0.2, 0) is 11.2 Å². The molecule has 0 aliphatic heterocycles. The van der Waals surface area contributed by atoms with Crippen LogP contribution in [0.5, 0.6) is 0 Å². The first kappa shape index (κ1) is 21.8. The highest BCUT2D eigenvalue weighted by Crippen LogP contribution is 2.29. The van der Waals surface area contributed by atoms with Gasteiger partial charge in [-0.2, -0.15) is 0 Å². The molecule has 2 aromatic carbocycles. The smallest absolute Gasteiger partial charge is 0.220 e. The summed E-state index contributed by atoms with van der Waals surface area (Å²) < 4.78 is 2.16. The zero-order chi connectivity index (χ0) is 22.7. The lowest BCUT2D eigenvalue weighted by atomic mass is 10.0. The van der Waals surface area contributed by atoms with E-state index in [1.807, 2.05) is 6.92 Å². The molecule has 1 atom stereocenters. The highest BCUT2D eigenvalue weighted by molar-refractivity contribution is 5.77. The molecule has 1 amide bonds. The van der Waals surface area contributed by atoms with Gasteiger partial charge in [-0.15, -0.1) is 0 Å². The molecule has 0 fully saturated rings. The van der Waals surface area contributed by atoms with Crippen molar-refractivity contribution in [3.63, 3.8) is 0 Å². The predicted octanol–water partition coefficient (Wildman–Crippen LogP) is 6.13. The number of fused-ring (bicyclic) bond motifs is 1. The molecule has 2 heterocycles. The Hall–Kier alpha value is -3.40. The van der Waals surface area contributed by atoms with Crippen molar-refractivity contribution in [1.29, 1.82) is 0 Å². The molecule has 0 aliphatic rings. The largest absolute Gasteiger partial charge is 0.354 e. The zero-order valence-electron chi connectivity index (χ0n) is 19.4. The molecule has 4 aromatic rings. The Balaban J connectivity index is 1.76. The third-order valence-electron chi connectivity index (χ3n) is 6.00. The number of aromatic nitrogens is 2. The van der Waals surface area contributed by atoms with Crippen LogP contribution < -0.4 is 5.32 Å². The molecule has 32 heavy (non-hydrogen) atoms. The van der Waals surface area contributed by atoms with Gasteiger partial charge in [0.15, 0.2) is 0 Å². The first-order chi connectivity index (χ1) is 15.4. The number of carbonyl (C=O) groups is 1. The Morgan fingerprint density at radius 1 is 0.969 bits per heavy atom. The number of nitrogens with one attached hydrogen (secondary N) is 1. The zero-order valence-corrected chi connectivity index (χ0v) is 19.4. The van der Waals surface area contributed by atoms with E-state index in [1.54, 1.807) is 0 Å². The van der Waals surface area contributed by atoms with Gasteiger partial charge in [0.05, 0.1) is 11.4 Å². The standard InChI is InChI=1S/C28H31N3O/c1-5-21(4)29-27(32)16-14-25-28(22-11-9-19(2)10-12-22)30-26-15-13-24(18-31(25)26)23-8-6-7-20(3)17-23/h6-13,15,17-18,21H,5,14,16H2,1-4H3,(H,29,32). The Kier molecular flexibility index (Phi) is 6.40. The fraction of sp³-hybridized carbons (Fsp3) is 0.286. The van der Waals surface area contributed by atoms with Crippen molar-refractivity contribution in [2.45, 2.75) is 53.0 Å². The van der Waals surface area contributed by atoms with Gasteiger partial charge in [-0.1, -0.05) is 66.6 Å². The third-order valence-corrected chi connectivity index (χ3v) is 6.00. The topological polar surface area (TPSA) is 46.4 Å². The van der Waals surface area contributed by atoms with Crippen molar-refractivity contribution in [1.82, 2.24) is 14.7 Å². The van der Waals surface area contributed by atoms with Crippen LogP contribution in [0.15, 0.2) is 66.9 Å². The molecule has 4 heteroatoms. The van der Waals surface area contributed by atoms with E-state index in [2.05, 4.69) is 97.3 Å². The number of hydrogen-bond donors (Lipinski definition) is 1. The maximum absolute atomic E-state index is 12.5. The van der Waals surface area contributed by atoms with Gasteiger partial charge in [0.1, 0.15) is 5.65 Å². The molecule has 0 radical (unpaired) electrons. The molecular formula is C28H31N3O. The molecule has 164 valence electrons. The molecule has 2 aromatic heterocycles. The summed E-state index contributed by atoms with van der Waals surface area (Å²) in [5.41, 5.74) is 8.75. The van der Waals surface area contributed by atoms with E-state index in [-0.39, 0.29) is 11.9 Å². The number of benzene rings is 2. The van der Waals surface area contributed by atoms with Crippen LogP contribution in [0.25, 0.3) is 28.0 Å². The summed E-state index contributed by atoms with van der Waals surface area (Å²) in [5, 5.41) is 3.08. The summed E-state index contributed by atoms with van der Waals surface area (Å²) in [5.74, 6) is 0.0824. The van der Waals surface area contributed by atoms with Gasteiger partial charge in [-0.05, 0) is 56.9 Å². The van der Waals surface area contributed by atoms with E-state index in [1.165, 1.54) is 16.7 Å². The van der Waals surface area contributed by atoms with E-state index in [4.69, 9.17) is 4.98 Å². The second-order valence-electron chi connectivity index (χ2n) is 8.67. The lowest BCUT2D eigenvalue weighted by Crippen LogP contribution is -2.32. The van der Waals surface area contributed by atoms with Crippen LogP contribution in [0.4, 0.5) is 0 Å². The minimum Gasteiger partial charge on any atom is -0.354 e. The fourth-order valence-electron chi connectivity index (χ4n) is 3.95. The highest BCUT2D eigenvalue weighted by Gasteiger charge is 2.17. The van der Waals surface area contributed by atoms with Gasteiger partial charge >= 0.3 is 0 Å². The Labute approximate surface area is 190 Å². The van der Waals surface area contributed by atoms with E-state index >= 15 is 0 Å². The average Bonchev–Trinajstić information content (AvgIpc) is 3.15. The number of amides is 1. The van der Waals surface area contributed by atoms with Gasteiger partial charge in [0.2, 0.25) is 5.91 Å². The molecule has 0 saturated heterocycles. The summed E-state index contributed by atoms with van der Waals surface area (Å²) >= 11 is 0. The van der Waals surface area contributed by atoms with Gasteiger partial charge in [-0.25, -0.2) is 4.98 Å². The number of pyridine rings is 1. The number of hydrogen-bond acceptors (Lipinski definition) is 2. The highest BCUT2D eigenvalue weighted by atomic mass is 16.1. The normalized spacial score (nSPS) is 12.1. The lowest BCUT2D eigenvalue weighted by molar-refractivity contribution is -0.121. The predicted molar refractivity (Wildman–Crippen MR) is 132 cm³/mol. The van der Waals surface area contributed by atoms with Crippen molar-refractivity contribution in [2.75, 3.05) is 0 Å². The van der Waals surface area contributed by atoms with Crippen LogP contribution in [0, 0.1) is 13.8 Å². The first-order valence-electron chi connectivity index (χ1n) is 11.4. The average molecular weight is 426 g/mol. The molecule has 1 N–H and O–H groups in total. The van der Waals surface area contributed by atoms with Gasteiger partial charge < -0.3 is 9.72 Å². The van der Waals surface area contributed by atoms with Gasteiger partial charge in [-0.3, -0.25) is 4.79 Å². The van der Waals surface area contributed by atoms with Crippen molar-refractivity contribution >= 4 is 11.6 Å². The molecular weight excluding hydrogens is 394 g/mol. The summed E-state index contributed by atoms with van der Waals surface area (Å²) in [6.07, 6.45) is 4.14. The van der Waals surface area contributed by atoms with Crippen LogP contribution in [0.1, 0.15) is 43.5 Å². The maximum Gasteiger partial charge on any atom is 0.220 e. The first-order valence-corrected chi connectivity index (χ1v) is 11.4. The fourth-order valence-corrected chi connectivity index (χ4v) is 3.95. The lowest BCUT2D eigenvalue weighted by Gasteiger charge is -2.12. The number of rotatable bonds is 7. The molecule has 1 unspecified atom stereocenters. The Morgan fingerprint density at radius 3 is 2.44 bits per heavy atom. The molecule has 0 spiro atoms. The number of nitrogens with zero attached hydrogens (tertiary/aromatic N) is 2. The van der Waals surface area contributed by atoms with Crippen molar-refractivity contribution < 1.29 is 4.79 Å². The summed E-state index contributed by atoms with van der Waals surface area (Å²) in [4.78, 5) is 17.5. The monoisotopic (exact) mass is 425 g/mol. The van der Waals surface area contributed by atoms with Crippen molar-refractivity contribution in [2.24, 2.45) is 0 Å².